The third-order valence-electron chi connectivity index (χ3n) is 9.44. The molecule has 53 heavy (non-hydrogen) atoms. The number of para-hydroxylation sites is 1. The number of fused-ring (bicyclic) bond motifs is 1. The quantitative estimate of drug-likeness (QED) is 0.154. The Hall–Kier alpha value is -6.96. The van der Waals surface area contributed by atoms with Crippen LogP contribution in [-0.4, -0.2) is 0 Å². The standard InChI is InChI=1S/C52H37N/c1-3-12-38(13-4-1)41-22-24-43(25-23-41)44-32-34-49(35-33-44)53(50-19-11-18-47(37-50)48-31-28-40-16-7-8-17-46(40)36-48)52-21-10-9-20-51(52)45-29-26-42(27-30-45)39-14-5-2-6-15-39/h1-37H/i11D,18D,19D,32D,33D,34D,35D,37D. The zero-order valence-electron chi connectivity index (χ0n) is 36.7. The van der Waals surface area contributed by atoms with Gasteiger partial charge in [0.2, 0.25) is 0 Å². The van der Waals surface area contributed by atoms with E-state index in [1.54, 1.807) is 30.3 Å². The van der Waals surface area contributed by atoms with E-state index in [2.05, 4.69) is 0 Å². The van der Waals surface area contributed by atoms with Gasteiger partial charge in [-0.05, 0) is 97.1 Å². The van der Waals surface area contributed by atoms with E-state index in [0.29, 0.717) is 22.4 Å². The van der Waals surface area contributed by atoms with Crippen molar-refractivity contribution in [2.75, 3.05) is 4.90 Å². The maximum Gasteiger partial charge on any atom is 0.0651 e. The molecule has 0 amide bonds. The van der Waals surface area contributed by atoms with Gasteiger partial charge in [0.1, 0.15) is 0 Å². The van der Waals surface area contributed by atoms with Crippen LogP contribution in [0.5, 0.6) is 0 Å². The number of nitrogens with zero attached hydrogens (tertiary/aromatic N) is 1. The zero-order valence-corrected chi connectivity index (χ0v) is 28.7. The summed E-state index contributed by atoms with van der Waals surface area (Å²) in [5.41, 5.74) is 6.65. The van der Waals surface area contributed by atoms with Crippen molar-refractivity contribution in [1.82, 2.24) is 0 Å². The molecule has 0 bridgehead atoms. The van der Waals surface area contributed by atoms with Gasteiger partial charge in [-0.25, -0.2) is 0 Å². The minimum absolute atomic E-state index is 0.111. The number of hydrogen-bond donors (Lipinski definition) is 0. The second-order valence-corrected chi connectivity index (χ2v) is 12.7. The van der Waals surface area contributed by atoms with E-state index in [-0.39, 0.29) is 58.8 Å². The van der Waals surface area contributed by atoms with E-state index in [4.69, 9.17) is 2.74 Å². The van der Waals surface area contributed by atoms with Crippen molar-refractivity contribution in [2.24, 2.45) is 0 Å². The smallest absolute Gasteiger partial charge is 0.0651 e. The van der Waals surface area contributed by atoms with Crippen molar-refractivity contribution in [2.45, 2.75) is 0 Å². The lowest BCUT2D eigenvalue weighted by Gasteiger charge is -2.28. The van der Waals surface area contributed by atoms with Gasteiger partial charge in [0.25, 0.3) is 0 Å². The average Bonchev–Trinajstić information content (AvgIpc) is 3.30. The summed E-state index contributed by atoms with van der Waals surface area (Å²) in [5, 5.41) is 1.83. The summed E-state index contributed by atoms with van der Waals surface area (Å²) < 4.78 is 75.6. The second kappa shape index (κ2) is 14.3. The van der Waals surface area contributed by atoms with Crippen LogP contribution in [0.4, 0.5) is 17.1 Å². The molecule has 0 saturated carbocycles. The SMILES string of the molecule is [2H]c1c([2H])c(-c2ccc3ccccc3c2)c([2H])c(N(c2ccccc2-c2ccc(-c3ccccc3)cc2)c2c([2H])c([2H])c(-c3ccc(-c4ccccc4)cc3)c([2H])c2[2H])c1[2H]. The van der Waals surface area contributed by atoms with E-state index in [1.165, 1.54) is 4.90 Å². The van der Waals surface area contributed by atoms with Gasteiger partial charge in [0.15, 0.2) is 0 Å². The fourth-order valence-electron chi connectivity index (χ4n) is 6.70. The molecule has 1 nitrogen and oxygen atoms in total. The number of hydrogen-bond acceptors (Lipinski definition) is 1. The summed E-state index contributed by atoms with van der Waals surface area (Å²) in [6.45, 7) is 0. The van der Waals surface area contributed by atoms with Gasteiger partial charge < -0.3 is 4.90 Å². The summed E-state index contributed by atoms with van der Waals surface area (Å²) in [7, 11) is 0. The molecule has 9 aromatic carbocycles. The molecule has 0 unspecified atom stereocenters. The molecule has 0 aliphatic carbocycles. The van der Waals surface area contributed by atoms with Crippen molar-refractivity contribution in [3.05, 3.63) is 224 Å². The number of rotatable bonds is 8. The predicted octanol–water partition coefficient (Wildman–Crippen LogP) is 14.6. The number of anilines is 3. The van der Waals surface area contributed by atoms with Crippen molar-refractivity contribution in [3.63, 3.8) is 0 Å². The minimum atomic E-state index is -0.453. The fourth-order valence-corrected chi connectivity index (χ4v) is 6.70. The monoisotopic (exact) mass is 683 g/mol. The highest BCUT2D eigenvalue weighted by atomic mass is 15.1. The summed E-state index contributed by atoms with van der Waals surface area (Å²) in [6, 6.07) is 52.8. The summed E-state index contributed by atoms with van der Waals surface area (Å²) in [5.74, 6) is 0. The molecule has 0 atom stereocenters. The summed E-state index contributed by atoms with van der Waals surface area (Å²) >= 11 is 0. The van der Waals surface area contributed by atoms with Gasteiger partial charge in [-0.3, -0.25) is 0 Å². The van der Waals surface area contributed by atoms with Crippen LogP contribution in [0.1, 0.15) is 11.0 Å². The molecule has 250 valence electrons. The van der Waals surface area contributed by atoms with Crippen molar-refractivity contribution in [3.8, 4) is 55.6 Å². The van der Waals surface area contributed by atoms with Gasteiger partial charge in [-0.2, -0.15) is 0 Å². The molecule has 0 aromatic heterocycles. The topological polar surface area (TPSA) is 3.24 Å². The highest BCUT2D eigenvalue weighted by Crippen LogP contribution is 2.43. The van der Waals surface area contributed by atoms with E-state index in [0.717, 1.165) is 38.6 Å². The zero-order chi connectivity index (χ0) is 42.4. The Morgan fingerprint density at radius 1 is 0.321 bits per heavy atom. The number of benzene rings is 9. The average molecular weight is 684 g/mol. The van der Waals surface area contributed by atoms with E-state index < -0.39 is 12.1 Å². The third-order valence-corrected chi connectivity index (χ3v) is 9.44. The Kier molecular flexibility index (Phi) is 6.57. The van der Waals surface area contributed by atoms with Crippen molar-refractivity contribution in [1.29, 1.82) is 0 Å². The Bertz CT molecular complexity index is 3070. The Morgan fingerprint density at radius 3 is 1.49 bits per heavy atom. The molecule has 9 rings (SSSR count). The molecule has 0 N–H and O–H groups in total. The van der Waals surface area contributed by atoms with Crippen LogP contribution in [0, 0.1) is 0 Å². The Labute approximate surface area is 323 Å². The van der Waals surface area contributed by atoms with E-state index in [9.17, 15) is 8.22 Å². The Morgan fingerprint density at radius 2 is 0.830 bits per heavy atom. The highest BCUT2D eigenvalue weighted by molar-refractivity contribution is 5.91. The Balaban J connectivity index is 1.29. The molecule has 0 saturated heterocycles. The molecular formula is C52H37N. The van der Waals surface area contributed by atoms with Gasteiger partial charge >= 0.3 is 0 Å². The highest BCUT2D eigenvalue weighted by Gasteiger charge is 2.18. The molecule has 1 heteroatoms. The van der Waals surface area contributed by atoms with Gasteiger partial charge in [-0.15, -0.1) is 0 Å². The molecule has 0 heterocycles. The summed E-state index contributed by atoms with van der Waals surface area (Å²) in [6.07, 6.45) is 0. The largest absolute Gasteiger partial charge is 0.310 e. The van der Waals surface area contributed by atoms with Crippen LogP contribution in [0.15, 0.2) is 224 Å². The van der Waals surface area contributed by atoms with Crippen LogP contribution in [0.25, 0.3) is 66.4 Å². The second-order valence-electron chi connectivity index (χ2n) is 12.7. The lowest BCUT2D eigenvalue weighted by atomic mass is 9.97. The van der Waals surface area contributed by atoms with Crippen LogP contribution in [0.3, 0.4) is 0 Å². The van der Waals surface area contributed by atoms with Gasteiger partial charge in [0.05, 0.1) is 16.7 Å². The first kappa shape index (κ1) is 24.3. The minimum Gasteiger partial charge on any atom is -0.310 e. The van der Waals surface area contributed by atoms with E-state index in [1.807, 2.05) is 146 Å². The molecule has 9 aromatic rings. The predicted molar refractivity (Wildman–Crippen MR) is 226 cm³/mol. The maximum absolute atomic E-state index is 9.83. The molecule has 0 fully saturated rings. The molecule has 0 aliphatic rings. The molecule has 0 spiro atoms. The third kappa shape index (κ3) is 6.65. The van der Waals surface area contributed by atoms with Crippen LogP contribution < -0.4 is 4.90 Å². The first-order valence-corrected chi connectivity index (χ1v) is 17.5. The van der Waals surface area contributed by atoms with Gasteiger partial charge in [-0.1, -0.05) is 188 Å². The van der Waals surface area contributed by atoms with Crippen molar-refractivity contribution >= 4 is 27.8 Å². The maximum atomic E-state index is 9.83. The van der Waals surface area contributed by atoms with Crippen molar-refractivity contribution < 1.29 is 11.0 Å². The summed E-state index contributed by atoms with van der Waals surface area (Å²) in [4.78, 5) is 1.43. The first-order chi connectivity index (χ1) is 29.6. The van der Waals surface area contributed by atoms with Crippen LogP contribution >= 0.6 is 0 Å². The van der Waals surface area contributed by atoms with Crippen LogP contribution in [0.2, 0.25) is 0 Å². The molecular weight excluding hydrogens is 639 g/mol. The van der Waals surface area contributed by atoms with E-state index >= 15 is 0 Å². The lowest BCUT2D eigenvalue weighted by molar-refractivity contribution is 1.28. The first-order valence-electron chi connectivity index (χ1n) is 21.5. The van der Waals surface area contributed by atoms with Gasteiger partial charge in [0, 0.05) is 16.9 Å². The molecule has 0 radical (unpaired) electrons. The van der Waals surface area contributed by atoms with Crippen LogP contribution in [-0.2, 0) is 0 Å². The molecule has 0 aliphatic heterocycles. The fraction of sp³-hybridized carbons (Fsp3) is 0. The normalized spacial score (nSPS) is 13.1. The lowest BCUT2D eigenvalue weighted by Crippen LogP contribution is -2.11.